The van der Waals surface area contributed by atoms with Crippen LogP contribution in [0.25, 0.3) is 0 Å². The Morgan fingerprint density at radius 3 is 1.17 bits per heavy atom. The van der Waals surface area contributed by atoms with Crippen LogP contribution in [0.5, 0.6) is 0 Å². The van der Waals surface area contributed by atoms with Gasteiger partial charge in [-0.1, -0.05) is 199 Å². The van der Waals surface area contributed by atoms with Gasteiger partial charge in [-0.05, 0) is 38.5 Å². The average molecular weight is 666 g/mol. The van der Waals surface area contributed by atoms with E-state index in [0.717, 1.165) is 44.9 Å². The van der Waals surface area contributed by atoms with Crippen molar-refractivity contribution in [3.63, 3.8) is 0 Å². The molecule has 0 saturated carbocycles. The molecule has 280 valence electrons. The van der Waals surface area contributed by atoms with Crippen LogP contribution in [-0.2, 0) is 4.79 Å². The molecule has 5 nitrogen and oxygen atoms in total. The van der Waals surface area contributed by atoms with Crippen molar-refractivity contribution in [2.24, 2.45) is 0 Å². The van der Waals surface area contributed by atoms with E-state index < -0.39 is 24.2 Å². The summed E-state index contributed by atoms with van der Waals surface area (Å²) in [6, 6.07) is -0.712. The lowest BCUT2D eigenvalue weighted by atomic mass is 10.0. The lowest BCUT2D eigenvalue weighted by Crippen LogP contribution is -2.49. The van der Waals surface area contributed by atoms with E-state index in [9.17, 15) is 20.1 Å². The fourth-order valence-corrected chi connectivity index (χ4v) is 6.54. The van der Waals surface area contributed by atoms with E-state index in [4.69, 9.17) is 0 Å². The number of aliphatic hydroxyl groups is 3. The lowest BCUT2D eigenvalue weighted by molar-refractivity contribution is -0.131. The van der Waals surface area contributed by atoms with Gasteiger partial charge in [0.2, 0.25) is 5.91 Å². The van der Waals surface area contributed by atoms with Gasteiger partial charge >= 0.3 is 0 Å². The van der Waals surface area contributed by atoms with Crippen LogP contribution in [0.2, 0.25) is 0 Å². The molecule has 5 heteroatoms. The standard InChI is InChI=1S/C42H83NO4/c1-3-5-7-9-11-13-15-17-19-21-23-25-27-29-31-33-35-37-41(46)42(47)43-39(38-44)40(45)36-34-32-30-28-26-24-22-20-18-16-14-12-10-8-6-4-2/h23,25,39-41,44-46H,3-22,24,26-38H2,1-2H3,(H,43,47)/b25-23-. The van der Waals surface area contributed by atoms with Crippen molar-refractivity contribution in [2.75, 3.05) is 6.61 Å². The summed E-state index contributed by atoms with van der Waals surface area (Å²) >= 11 is 0. The number of carbonyl (C=O) groups excluding carboxylic acids is 1. The maximum absolute atomic E-state index is 12.5. The second-order valence-electron chi connectivity index (χ2n) is 14.6. The van der Waals surface area contributed by atoms with Gasteiger partial charge in [-0.25, -0.2) is 0 Å². The highest BCUT2D eigenvalue weighted by molar-refractivity contribution is 5.80. The van der Waals surface area contributed by atoms with Gasteiger partial charge in [0.05, 0.1) is 18.8 Å². The van der Waals surface area contributed by atoms with Gasteiger partial charge in [0.25, 0.3) is 0 Å². The third kappa shape index (κ3) is 33.4. The van der Waals surface area contributed by atoms with E-state index in [1.54, 1.807) is 0 Å². The SMILES string of the molecule is CCCCCCCCCCC/C=C\CCCCCCC(O)C(=O)NC(CO)C(O)CCCCCCCCCCCCCCCCCC. The van der Waals surface area contributed by atoms with Gasteiger partial charge in [0.15, 0.2) is 0 Å². The van der Waals surface area contributed by atoms with Crippen molar-refractivity contribution >= 4 is 5.91 Å². The van der Waals surface area contributed by atoms with Gasteiger partial charge in [0.1, 0.15) is 6.10 Å². The van der Waals surface area contributed by atoms with Crippen LogP contribution in [0.1, 0.15) is 226 Å². The first kappa shape index (κ1) is 46.1. The summed E-state index contributed by atoms with van der Waals surface area (Å²) in [5.74, 6) is -0.477. The van der Waals surface area contributed by atoms with Crippen molar-refractivity contribution < 1.29 is 20.1 Å². The predicted octanol–water partition coefficient (Wildman–Crippen LogP) is 11.7. The van der Waals surface area contributed by atoms with Crippen LogP contribution in [0.15, 0.2) is 12.2 Å². The Labute approximate surface area is 293 Å². The zero-order chi connectivity index (χ0) is 34.5. The second-order valence-corrected chi connectivity index (χ2v) is 14.6. The highest BCUT2D eigenvalue weighted by Crippen LogP contribution is 2.16. The van der Waals surface area contributed by atoms with E-state index in [2.05, 4.69) is 31.3 Å². The molecule has 0 spiro atoms. The molecule has 3 unspecified atom stereocenters. The number of hydrogen-bond acceptors (Lipinski definition) is 4. The lowest BCUT2D eigenvalue weighted by Gasteiger charge is -2.23. The molecule has 3 atom stereocenters. The number of rotatable bonds is 38. The minimum absolute atomic E-state index is 0.314. The highest BCUT2D eigenvalue weighted by atomic mass is 16.3. The summed E-state index contributed by atoms with van der Waals surface area (Å²) in [5, 5.41) is 33.2. The minimum Gasteiger partial charge on any atom is -0.394 e. The highest BCUT2D eigenvalue weighted by Gasteiger charge is 2.23. The van der Waals surface area contributed by atoms with Gasteiger partial charge in [-0.3, -0.25) is 4.79 Å². The first-order valence-electron chi connectivity index (χ1n) is 21.0. The Kier molecular flexibility index (Phi) is 37.2. The van der Waals surface area contributed by atoms with Crippen molar-refractivity contribution in [1.82, 2.24) is 5.32 Å². The third-order valence-corrected chi connectivity index (χ3v) is 9.88. The predicted molar refractivity (Wildman–Crippen MR) is 204 cm³/mol. The van der Waals surface area contributed by atoms with Gasteiger partial charge < -0.3 is 20.6 Å². The molecule has 0 aromatic carbocycles. The Bertz CT molecular complexity index is 655. The third-order valence-electron chi connectivity index (χ3n) is 9.88. The zero-order valence-corrected chi connectivity index (χ0v) is 31.7. The van der Waals surface area contributed by atoms with Gasteiger partial charge in [-0.15, -0.1) is 0 Å². The van der Waals surface area contributed by atoms with Crippen LogP contribution in [0, 0.1) is 0 Å². The smallest absolute Gasteiger partial charge is 0.249 e. The largest absolute Gasteiger partial charge is 0.394 e. The Morgan fingerprint density at radius 1 is 0.489 bits per heavy atom. The first-order chi connectivity index (χ1) is 23.1. The van der Waals surface area contributed by atoms with Crippen LogP contribution >= 0.6 is 0 Å². The molecule has 0 radical (unpaired) electrons. The molecule has 47 heavy (non-hydrogen) atoms. The quantitative estimate of drug-likeness (QED) is 0.0390. The Hall–Kier alpha value is -0.910. The zero-order valence-electron chi connectivity index (χ0n) is 31.7. The van der Waals surface area contributed by atoms with E-state index in [1.807, 2.05) is 0 Å². The van der Waals surface area contributed by atoms with E-state index >= 15 is 0 Å². The molecular weight excluding hydrogens is 582 g/mol. The summed E-state index contributed by atoms with van der Waals surface area (Å²) < 4.78 is 0. The van der Waals surface area contributed by atoms with Gasteiger partial charge in [-0.2, -0.15) is 0 Å². The number of allylic oxidation sites excluding steroid dienone is 2. The Balaban J connectivity index is 3.65. The molecule has 0 aliphatic heterocycles. The maximum Gasteiger partial charge on any atom is 0.249 e. The molecule has 1 amide bonds. The number of nitrogens with one attached hydrogen (secondary N) is 1. The van der Waals surface area contributed by atoms with Crippen molar-refractivity contribution in [2.45, 2.75) is 244 Å². The van der Waals surface area contributed by atoms with Crippen molar-refractivity contribution in [3.05, 3.63) is 12.2 Å². The molecular formula is C42H83NO4. The number of amides is 1. The van der Waals surface area contributed by atoms with E-state index in [0.29, 0.717) is 12.8 Å². The molecule has 0 aliphatic rings. The molecule has 0 aromatic heterocycles. The maximum atomic E-state index is 12.5. The average Bonchev–Trinajstić information content (AvgIpc) is 3.07. The summed E-state index contributed by atoms with van der Waals surface area (Å²) in [5.41, 5.74) is 0. The molecule has 4 N–H and O–H groups in total. The van der Waals surface area contributed by atoms with Crippen LogP contribution in [0.4, 0.5) is 0 Å². The first-order valence-corrected chi connectivity index (χ1v) is 21.0. The molecule has 0 heterocycles. The summed E-state index contributed by atoms with van der Waals surface area (Å²) in [6.07, 6.45) is 43.4. The normalized spacial score (nSPS) is 13.7. The fourth-order valence-electron chi connectivity index (χ4n) is 6.54. The number of hydrogen-bond donors (Lipinski definition) is 4. The fraction of sp³-hybridized carbons (Fsp3) is 0.929. The number of unbranched alkanes of at least 4 members (excludes halogenated alkanes) is 28. The van der Waals surface area contributed by atoms with Crippen LogP contribution in [0.3, 0.4) is 0 Å². The van der Waals surface area contributed by atoms with Crippen LogP contribution < -0.4 is 5.32 Å². The molecule has 0 aromatic rings. The number of carbonyl (C=O) groups is 1. The molecule has 0 fully saturated rings. The molecule has 0 saturated heterocycles. The topological polar surface area (TPSA) is 89.8 Å². The second kappa shape index (κ2) is 37.9. The van der Waals surface area contributed by atoms with Crippen molar-refractivity contribution in [1.29, 1.82) is 0 Å². The minimum atomic E-state index is -1.08. The monoisotopic (exact) mass is 666 g/mol. The summed E-state index contributed by atoms with van der Waals surface area (Å²) in [6.45, 7) is 4.23. The molecule has 0 rings (SSSR count). The Morgan fingerprint density at radius 2 is 0.809 bits per heavy atom. The van der Waals surface area contributed by atoms with Crippen LogP contribution in [-0.4, -0.2) is 46.1 Å². The summed E-state index contributed by atoms with van der Waals surface area (Å²) in [7, 11) is 0. The van der Waals surface area contributed by atoms with Gasteiger partial charge in [0, 0.05) is 0 Å². The molecule has 0 bridgehead atoms. The van der Waals surface area contributed by atoms with E-state index in [1.165, 1.54) is 154 Å². The van der Waals surface area contributed by atoms with E-state index in [-0.39, 0.29) is 6.61 Å². The number of aliphatic hydroxyl groups excluding tert-OH is 3. The summed E-state index contributed by atoms with van der Waals surface area (Å²) in [4.78, 5) is 12.5. The molecule has 0 aliphatic carbocycles. The van der Waals surface area contributed by atoms with Crippen molar-refractivity contribution in [3.8, 4) is 0 Å².